The molecule has 0 aliphatic rings. The molecule has 29 heavy (non-hydrogen) atoms. The molecular formula is C22H19FN2O3S. The number of aromatic nitrogens is 1. The first-order valence-electron chi connectivity index (χ1n) is 8.87. The first kappa shape index (κ1) is 20.4. The zero-order chi connectivity index (χ0) is 20.7. The van der Waals surface area contributed by atoms with Crippen molar-refractivity contribution in [1.29, 1.82) is 0 Å². The normalized spacial score (nSPS) is 12.6. The molecule has 0 aliphatic carbocycles. The number of amides is 1. The second kappa shape index (κ2) is 9.25. The summed E-state index contributed by atoms with van der Waals surface area (Å²) in [5, 5.41) is 1.57. The maximum absolute atomic E-state index is 13.2. The fraction of sp³-hybridized carbons (Fsp3) is 0.0909. The second-order valence-electron chi connectivity index (χ2n) is 6.26. The molecule has 7 heteroatoms. The summed E-state index contributed by atoms with van der Waals surface area (Å²) >= 11 is 0. The summed E-state index contributed by atoms with van der Waals surface area (Å²) in [6.07, 6.45) is 5.97. The lowest BCUT2D eigenvalue weighted by Crippen LogP contribution is -2.31. The number of carbonyl (C=O) groups excluding carboxylic acids is 1. The number of nitrogens with one attached hydrogen (secondary N) is 1. The van der Waals surface area contributed by atoms with E-state index in [4.69, 9.17) is 0 Å². The van der Waals surface area contributed by atoms with Crippen molar-refractivity contribution in [3.8, 4) is 0 Å². The van der Waals surface area contributed by atoms with Crippen molar-refractivity contribution < 1.29 is 17.6 Å². The van der Waals surface area contributed by atoms with Crippen LogP contribution in [0.1, 0.15) is 16.4 Å². The first-order chi connectivity index (χ1) is 14.0. The summed E-state index contributed by atoms with van der Waals surface area (Å²) < 4.78 is 39.4. The number of sulfone groups is 1. The van der Waals surface area contributed by atoms with Crippen LogP contribution in [0.4, 0.5) is 4.39 Å². The van der Waals surface area contributed by atoms with Crippen molar-refractivity contribution in [3.63, 3.8) is 0 Å². The number of hydrogen-bond donors (Lipinski definition) is 1. The van der Waals surface area contributed by atoms with E-state index in [-0.39, 0.29) is 11.4 Å². The molecule has 2 aromatic carbocycles. The summed E-state index contributed by atoms with van der Waals surface area (Å²) in [7, 11) is -3.88. The van der Waals surface area contributed by atoms with Crippen LogP contribution in [-0.4, -0.2) is 25.9 Å². The van der Waals surface area contributed by atoms with Gasteiger partial charge in [-0.1, -0.05) is 36.4 Å². The molecule has 1 atom stereocenters. The third-order valence-electron chi connectivity index (χ3n) is 4.26. The largest absolute Gasteiger partial charge is 0.351 e. The van der Waals surface area contributed by atoms with Gasteiger partial charge in [-0.15, -0.1) is 0 Å². The summed E-state index contributed by atoms with van der Waals surface area (Å²) in [4.78, 5) is 16.2. The maximum atomic E-state index is 13.2. The number of benzene rings is 2. The van der Waals surface area contributed by atoms with Gasteiger partial charge in [-0.05, 0) is 47.5 Å². The van der Waals surface area contributed by atoms with Crippen LogP contribution in [0.5, 0.6) is 0 Å². The zero-order valence-corrected chi connectivity index (χ0v) is 16.2. The highest BCUT2D eigenvalue weighted by Crippen LogP contribution is 2.28. The fourth-order valence-corrected chi connectivity index (χ4v) is 4.39. The van der Waals surface area contributed by atoms with E-state index >= 15 is 0 Å². The molecule has 0 aliphatic heterocycles. The predicted octanol–water partition coefficient (Wildman–Crippen LogP) is 3.57. The molecule has 148 valence electrons. The van der Waals surface area contributed by atoms with Crippen LogP contribution in [0.25, 0.3) is 6.08 Å². The van der Waals surface area contributed by atoms with Crippen LogP contribution in [0.15, 0.2) is 90.1 Å². The van der Waals surface area contributed by atoms with Gasteiger partial charge in [0.2, 0.25) is 5.91 Å². The molecule has 0 radical (unpaired) electrons. The summed E-state index contributed by atoms with van der Waals surface area (Å²) in [5.41, 5.74) is 1.29. The van der Waals surface area contributed by atoms with Gasteiger partial charge in [0.05, 0.1) is 4.90 Å². The topological polar surface area (TPSA) is 76.1 Å². The molecule has 3 aromatic rings. The van der Waals surface area contributed by atoms with E-state index in [1.807, 2.05) is 30.3 Å². The molecule has 1 unspecified atom stereocenters. The van der Waals surface area contributed by atoms with Gasteiger partial charge in [0, 0.05) is 25.0 Å². The Bertz CT molecular complexity index is 1080. The molecule has 5 nitrogen and oxygen atoms in total. The Hall–Kier alpha value is -3.32. The minimum Gasteiger partial charge on any atom is -0.351 e. The molecule has 0 fully saturated rings. The quantitative estimate of drug-likeness (QED) is 0.477. The monoisotopic (exact) mass is 410 g/mol. The lowest BCUT2D eigenvalue weighted by molar-refractivity contribution is -0.116. The van der Waals surface area contributed by atoms with Crippen molar-refractivity contribution in [1.82, 2.24) is 10.3 Å². The number of rotatable bonds is 7. The average molecular weight is 410 g/mol. The van der Waals surface area contributed by atoms with E-state index < -0.39 is 26.8 Å². The van der Waals surface area contributed by atoms with E-state index in [1.54, 1.807) is 18.2 Å². The highest BCUT2D eigenvalue weighted by atomic mass is 32.2. The van der Waals surface area contributed by atoms with E-state index in [1.165, 1.54) is 30.6 Å². The zero-order valence-electron chi connectivity index (χ0n) is 15.4. The van der Waals surface area contributed by atoms with Gasteiger partial charge >= 0.3 is 0 Å². The van der Waals surface area contributed by atoms with E-state index in [9.17, 15) is 17.6 Å². The second-order valence-corrected chi connectivity index (χ2v) is 8.39. The minimum atomic E-state index is -3.88. The fourth-order valence-electron chi connectivity index (χ4n) is 2.75. The average Bonchev–Trinajstić information content (AvgIpc) is 2.74. The minimum absolute atomic E-state index is 0.0261. The van der Waals surface area contributed by atoms with Gasteiger partial charge in [-0.3, -0.25) is 9.78 Å². The highest BCUT2D eigenvalue weighted by Gasteiger charge is 2.29. The van der Waals surface area contributed by atoms with Gasteiger partial charge in [-0.2, -0.15) is 0 Å². The smallest absolute Gasteiger partial charge is 0.244 e. The number of pyridine rings is 1. The number of nitrogens with zero attached hydrogens (tertiary/aromatic N) is 1. The van der Waals surface area contributed by atoms with E-state index in [2.05, 4.69) is 10.3 Å². The highest BCUT2D eigenvalue weighted by molar-refractivity contribution is 7.91. The predicted molar refractivity (Wildman–Crippen MR) is 109 cm³/mol. The SMILES string of the molecule is O=C(/C=C/c1ccccc1)NCC(c1cccnc1)S(=O)(=O)c1ccc(F)cc1. The Labute approximate surface area is 168 Å². The van der Waals surface area contributed by atoms with Crippen LogP contribution in [0.2, 0.25) is 0 Å². The van der Waals surface area contributed by atoms with E-state index in [0.717, 1.165) is 17.7 Å². The number of carbonyl (C=O) groups is 1. The van der Waals surface area contributed by atoms with Gasteiger partial charge < -0.3 is 5.32 Å². The standard InChI is InChI=1S/C22H19FN2O3S/c23-19-9-11-20(12-10-19)29(27,28)21(18-7-4-14-24-15-18)16-25-22(26)13-8-17-5-2-1-3-6-17/h1-15,21H,16H2,(H,25,26)/b13-8+. The van der Waals surface area contributed by atoms with Gasteiger partial charge in [0.25, 0.3) is 0 Å². The van der Waals surface area contributed by atoms with Gasteiger partial charge in [0.1, 0.15) is 11.1 Å². The van der Waals surface area contributed by atoms with Crippen molar-refractivity contribution >= 4 is 21.8 Å². The lowest BCUT2D eigenvalue weighted by atomic mass is 10.2. The van der Waals surface area contributed by atoms with Crippen molar-refractivity contribution in [3.05, 3.63) is 102 Å². The third-order valence-corrected chi connectivity index (χ3v) is 6.38. The van der Waals surface area contributed by atoms with Gasteiger partial charge in [0.15, 0.2) is 9.84 Å². The Balaban J connectivity index is 1.80. The Morgan fingerprint density at radius 3 is 2.41 bits per heavy atom. The molecule has 0 saturated heterocycles. The molecule has 1 N–H and O–H groups in total. The lowest BCUT2D eigenvalue weighted by Gasteiger charge is -2.18. The van der Waals surface area contributed by atoms with Crippen molar-refractivity contribution in [2.75, 3.05) is 6.54 Å². The molecule has 1 amide bonds. The molecule has 3 rings (SSSR count). The Morgan fingerprint density at radius 1 is 1.03 bits per heavy atom. The van der Waals surface area contributed by atoms with E-state index in [0.29, 0.717) is 5.56 Å². The summed E-state index contributed by atoms with van der Waals surface area (Å²) in [5.74, 6) is -0.946. The molecule has 1 heterocycles. The van der Waals surface area contributed by atoms with Crippen LogP contribution in [-0.2, 0) is 14.6 Å². The summed E-state index contributed by atoms with van der Waals surface area (Å²) in [6.45, 7) is -0.149. The number of halogens is 1. The molecular weight excluding hydrogens is 391 g/mol. The molecule has 0 saturated carbocycles. The molecule has 0 bridgehead atoms. The molecule has 0 spiro atoms. The number of hydrogen-bond acceptors (Lipinski definition) is 4. The van der Waals surface area contributed by atoms with Crippen molar-refractivity contribution in [2.45, 2.75) is 10.1 Å². The Kier molecular flexibility index (Phi) is 6.51. The van der Waals surface area contributed by atoms with Crippen LogP contribution < -0.4 is 5.32 Å². The third kappa shape index (κ3) is 5.36. The van der Waals surface area contributed by atoms with Crippen LogP contribution in [0.3, 0.4) is 0 Å². The molecule has 1 aromatic heterocycles. The van der Waals surface area contributed by atoms with Crippen LogP contribution in [0, 0.1) is 5.82 Å². The summed E-state index contributed by atoms with van der Waals surface area (Å²) in [6, 6.07) is 17.1. The van der Waals surface area contributed by atoms with Gasteiger partial charge in [-0.25, -0.2) is 12.8 Å². The Morgan fingerprint density at radius 2 is 1.76 bits per heavy atom. The van der Waals surface area contributed by atoms with Crippen molar-refractivity contribution in [2.24, 2.45) is 0 Å². The first-order valence-corrected chi connectivity index (χ1v) is 10.4. The maximum Gasteiger partial charge on any atom is 0.244 e. The van der Waals surface area contributed by atoms with Crippen LogP contribution >= 0.6 is 0 Å².